The molecule has 9 nitrogen and oxygen atoms in total. The third kappa shape index (κ3) is 5.30. The van der Waals surface area contributed by atoms with Crippen LogP contribution in [0, 0.1) is 5.92 Å². The first-order chi connectivity index (χ1) is 13.5. The average Bonchev–Trinajstić information content (AvgIpc) is 2.91. The monoisotopic (exact) mass is 427 g/mol. The van der Waals surface area contributed by atoms with E-state index < -0.39 is 35.9 Å². The van der Waals surface area contributed by atoms with E-state index in [9.17, 15) is 24.6 Å². The third-order valence-electron chi connectivity index (χ3n) is 4.64. The van der Waals surface area contributed by atoms with Crippen molar-refractivity contribution in [2.45, 2.75) is 51.7 Å². The number of ether oxygens (including phenoxy) is 1. The van der Waals surface area contributed by atoms with Crippen LogP contribution in [0.3, 0.4) is 0 Å². The molecule has 0 radical (unpaired) electrons. The van der Waals surface area contributed by atoms with Crippen molar-refractivity contribution in [2.24, 2.45) is 5.92 Å². The van der Waals surface area contributed by atoms with E-state index in [1.54, 1.807) is 6.92 Å². The van der Waals surface area contributed by atoms with E-state index >= 15 is 0 Å². The second-order valence-corrected chi connectivity index (χ2v) is 7.91. The van der Waals surface area contributed by atoms with Crippen LogP contribution >= 0.6 is 11.6 Å². The van der Waals surface area contributed by atoms with E-state index in [0.29, 0.717) is 12.0 Å². The number of carbonyl (C=O) groups excluding carboxylic acids is 3. The van der Waals surface area contributed by atoms with Gasteiger partial charge in [0.15, 0.2) is 6.04 Å². The first-order valence-electron chi connectivity index (χ1n) is 9.36. The maximum atomic E-state index is 12.2. The molecule has 2 rings (SSSR count). The smallest absolute Gasteiger partial charge is 0.278 e. The Labute approximate surface area is 173 Å². The fraction of sp³-hybridized carbons (Fsp3) is 0.526. The highest BCUT2D eigenvalue weighted by Crippen LogP contribution is 2.42. The molecule has 1 aliphatic heterocycles. The zero-order valence-electron chi connectivity index (χ0n) is 16.6. The Balaban J connectivity index is 2.06. The molecule has 0 aromatic heterocycles. The van der Waals surface area contributed by atoms with Gasteiger partial charge in [-0.05, 0) is 12.8 Å². The Morgan fingerprint density at radius 2 is 2.10 bits per heavy atom. The predicted molar refractivity (Wildman–Crippen MR) is 102 cm³/mol. The second-order valence-electron chi connectivity index (χ2n) is 7.54. The molecule has 1 heterocycles. The van der Waals surface area contributed by atoms with E-state index in [-0.39, 0.29) is 41.0 Å². The van der Waals surface area contributed by atoms with Gasteiger partial charge in [0.25, 0.3) is 11.8 Å². The van der Waals surface area contributed by atoms with E-state index in [0.717, 1.165) is 0 Å². The second kappa shape index (κ2) is 9.32. The molecule has 10 heteroatoms. The molecule has 0 fully saturated rings. The molecule has 1 aromatic rings. The summed E-state index contributed by atoms with van der Waals surface area (Å²) >= 11 is 6.08. The fourth-order valence-corrected chi connectivity index (χ4v) is 3.55. The number of phenols is 1. The van der Waals surface area contributed by atoms with Crippen molar-refractivity contribution < 1.29 is 35.1 Å². The van der Waals surface area contributed by atoms with E-state index in [4.69, 9.17) is 16.3 Å². The lowest BCUT2D eigenvalue weighted by molar-refractivity contribution is -0.406. The summed E-state index contributed by atoms with van der Waals surface area (Å²) in [6.45, 7) is 5.45. The summed E-state index contributed by atoms with van der Waals surface area (Å²) in [4.78, 5) is 35.7. The molecule has 29 heavy (non-hydrogen) atoms. The van der Waals surface area contributed by atoms with Crippen LogP contribution < -0.4 is 26.2 Å². The summed E-state index contributed by atoms with van der Waals surface area (Å²) in [6.07, 6.45) is 0.420. The van der Waals surface area contributed by atoms with Gasteiger partial charge in [0.05, 0.1) is 35.2 Å². The third-order valence-corrected chi connectivity index (χ3v) is 5.04. The Kier molecular flexibility index (Phi) is 7.32. The number of carboxylic acids is 1. The lowest BCUT2D eigenvalue weighted by atomic mass is 10.0. The van der Waals surface area contributed by atoms with Crippen molar-refractivity contribution in [1.82, 2.24) is 10.6 Å². The van der Waals surface area contributed by atoms with Crippen LogP contribution in [0.5, 0.6) is 11.5 Å². The van der Waals surface area contributed by atoms with Crippen LogP contribution in [0.4, 0.5) is 0 Å². The van der Waals surface area contributed by atoms with Gasteiger partial charge in [-0.3, -0.25) is 9.59 Å². The van der Waals surface area contributed by atoms with Gasteiger partial charge in [0, 0.05) is 24.5 Å². The number of nitrogens with one attached hydrogen (secondary N) is 2. The van der Waals surface area contributed by atoms with Crippen molar-refractivity contribution in [2.75, 3.05) is 6.61 Å². The van der Waals surface area contributed by atoms with Gasteiger partial charge in [-0.2, -0.15) is 0 Å². The van der Waals surface area contributed by atoms with Crippen molar-refractivity contribution in [1.29, 1.82) is 0 Å². The van der Waals surface area contributed by atoms with Gasteiger partial charge in [-0.15, -0.1) is 0 Å². The maximum absolute atomic E-state index is 12.2. The SMILES string of the molecule is CC(C)C[C@H]([NH3+])C(=O)N[C@@H](CCOc1cc(O)c(Cl)c2c1C(=O)N[C@@H]2C)C(=O)[O-]. The molecule has 6 N–H and O–H groups in total. The number of carbonyl (C=O) groups is 3. The Morgan fingerprint density at radius 3 is 2.69 bits per heavy atom. The number of hydrogen-bond acceptors (Lipinski definition) is 6. The van der Waals surface area contributed by atoms with Gasteiger partial charge in [-0.25, -0.2) is 0 Å². The number of phenolic OH excluding ortho intramolecular Hbond substituents is 1. The van der Waals surface area contributed by atoms with Crippen LogP contribution in [0.25, 0.3) is 0 Å². The van der Waals surface area contributed by atoms with Gasteiger partial charge in [0.2, 0.25) is 0 Å². The number of carboxylic acid groups (broad SMARTS) is 1. The minimum absolute atomic E-state index is 0.0599. The summed E-state index contributed by atoms with van der Waals surface area (Å²) in [6, 6.07) is -1.05. The normalized spacial score (nSPS) is 17.4. The highest BCUT2D eigenvalue weighted by Gasteiger charge is 2.33. The minimum Gasteiger partial charge on any atom is -0.548 e. The summed E-state index contributed by atoms with van der Waals surface area (Å²) in [7, 11) is 0. The largest absolute Gasteiger partial charge is 0.548 e. The quantitative estimate of drug-likeness (QED) is 0.416. The molecule has 0 aliphatic carbocycles. The number of aliphatic carboxylic acids is 1. The van der Waals surface area contributed by atoms with Crippen LogP contribution in [-0.2, 0) is 9.59 Å². The number of benzene rings is 1. The number of amides is 2. The molecule has 0 spiro atoms. The van der Waals surface area contributed by atoms with Gasteiger partial charge in [-0.1, -0.05) is 25.4 Å². The first kappa shape index (κ1) is 22.8. The zero-order valence-corrected chi connectivity index (χ0v) is 17.3. The molecule has 1 aromatic carbocycles. The van der Waals surface area contributed by atoms with Crippen molar-refractivity contribution >= 4 is 29.4 Å². The summed E-state index contributed by atoms with van der Waals surface area (Å²) in [5, 5.41) is 26.5. The summed E-state index contributed by atoms with van der Waals surface area (Å²) in [5.74, 6) is -2.26. The predicted octanol–water partition coefficient (Wildman–Crippen LogP) is -0.490. The molecule has 160 valence electrons. The Bertz CT molecular complexity index is 814. The van der Waals surface area contributed by atoms with E-state index in [2.05, 4.69) is 16.4 Å². The topological polar surface area (TPSA) is 155 Å². The summed E-state index contributed by atoms with van der Waals surface area (Å²) < 4.78 is 5.55. The molecule has 0 saturated heterocycles. The maximum Gasteiger partial charge on any atom is 0.278 e. The van der Waals surface area contributed by atoms with Gasteiger partial charge < -0.3 is 36.1 Å². The highest BCUT2D eigenvalue weighted by molar-refractivity contribution is 6.33. The highest BCUT2D eigenvalue weighted by atomic mass is 35.5. The van der Waals surface area contributed by atoms with Crippen molar-refractivity contribution in [3.05, 3.63) is 22.2 Å². The van der Waals surface area contributed by atoms with Crippen molar-refractivity contribution in [3.63, 3.8) is 0 Å². The number of quaternary nitrogens is 1. The summed E-state index contributed by atoms with van der Waals surface area (Å²) in [5.41, 5.74) is 4.37. The van der Waals surface area contributed by atoms with Crippen LogP contribution in [0.1, 0.15) is 55.6 Å². The van der Waals surface area contributed by atoms with Gasteiger partial charge >= 0.3 is 0 Å². The molecule has 2 amide bonds. The number of hydrogen-bond donors (Lipinski definition) is 4. The fourth-order valence-electron chi connectivity index (χ4n) is 3.24. The van der Waals surface area contributed by atoms with Gasteiger partial charge in [0.1, 0.15) is 11.5 Å². The molecule has 1 aliphatic rings. The number of rotatable bonds is 9. The lowest BCUT2D eigenvalue weighted by Gasteiger charge is -2.22. The standard InChI is InChI=1S/C19H26ClN3O6/c1-8(2)6-10(21)17(25)23-11(19(27)28)4-5-29-13-7-12(24)16(20)14-9(3)22-18(26)15(13)14/h7-11,24H,4-6,21H2,1-3H3,(H,22,26)(H,23,25)(H,27,28)/t9-,10+,11+/m1/s1. The molecule has 3 atom stereocenters. The van der Waals surface area contributed by atoms with Crippen molar-refractivity contribution in [3.8, 4) is 11.5 Å². The molecule has 0 bridgehead atoms. The number of halogens is 1. The Morgan fingerprint density at radius 1 is 1.45 bits per heavy atom. The Hall–Kier alpha value is -2.52. The average molecular weight is 428 g/mol. The number of aromatic hydroxyl groups is 1. The van der Waals surface area contributed by atoms with Crippen LogP contribution in [0.15, 0.2) is 6.07 Å². The molecular formula is C19H26ClN3O6. The zero-order chi connectivity index (χ0) is 21.9. The molecular weight excluding hydrogens is 402 g/mol. The lowest BCUT2D eigenvalue weighted by Crippen LogP contribution is -2.69. The van der Waals surface area contributed by atoms with Crippen LogP contribution in [0.2, 0.25) is 5.02 Å². The van der Waals surface area contributed by atoms with E-state index in [1.165, 1.54) is 6.07 Å². The van der Waals surface area contributed by atoms with Crippen LogP contribution in [-0.4, -0.2) is 41.6 Å². The molecule has 0 saturated carbocycles. The molecule has 0 unspecified atom stereocenters. The first-order valence-corrected chi connectivity index (χ1v) is 9.74. The van der Waals surface area contributed by atoms with E-state index in [1.807, 2.05) is 13.8 Å². The minimum atomic E-state index is -1.45. The number of fused-ring (bicyclic) bond motifs is 1.